The number of carbonyl (C=O) groups excluding carboxylic acids is 2. The van der Waals surface area contributed by atoms with E-state index in [1.54, 1.807) is 0 Å². The van der Waals surface area contributed by atoms with Crippen molar-refractivity contribution in [2.75, 3.05) is 21.3 Å². The highest BCUT2D eigenvalue weighted by Crippen LogP contribution is 2.33. The van der Waals surface area contributed by atoms with Crippen molar-refractivity contribution in [3.63, 3.8) is 0 Å². The fraction of sp³-hybridized carbons (Fsp3) is 0. The fourth-order valence-electron chi connectivity index (χ4n) is 3.27. The quantitative estimate of drug-likeness (QED) is 0.291. The standard InChI is InChI=1S/C26H22N4O2/c31-25(27-19-11-3-1-4-12-19)29-23-17-9-7-15-21(23)22-16-8-10-18-24(22)30-26(32)28-20-13-5-2-6-14-20/h1-18H,(H2,27,29,31)(H2,28,30,32). The number of para-hydroxylation sites is 4. The molecule has 4 amide bonds. The summed E-state index contributed by atoms with van der Waals surface area (Å²) in [7, 11) is 0. The van der Waals surface area contributed by atoms with Gasteiger partial charge in [0.05, 0.1) is 11.4 Å². The first-order valence-corrected chi connectivity index (χ1v) is 10.1. The van der Waals surface area contributed by atoms with Crippen molar-refractivity contribution in [3.8, 4) is 11.1 Å². The van der Waals surface area contributed by atoms with Gasteiger partial charge in [0.25, 0.3) is 0 Å². The van der Waals surface area contributed by atoms with Crippen molar-refractivity contribution in [2.45, 2.75) is 0 Å². The molecule has 0 saturated heterocycles. The molecule has 0 heterocycles. The minimum atomic E-state index is -0.351. The van der Waals surface area contributed by atoms with Crippen molar-refractivity contribution >= 4 is 34.8 Å². The maximum absolute atomic E-state index is 12.5. The van der Waals surface area contributed by atoms with Gasteiger partial charge in [0.2, 0.25) is 0 Å². The average molecular weight is 422 g/mol. The van der Waals surface area contributed by atoms with Crippen molar-refractivity contribution in [3.05, 3.63) is 109 Å². The Morgan fingerprint density at radius 2 is 0.750 bits per heavy atom. The molecule has 0 saturated carbocycles. The van der Waals surface area contributed by atoms with Gasteiger partial charge in [0.15, 0.2) is 0 Å². The van der Waals surface area contributed by atoms with E-state index in [0.717, 1.165) is 11.1 Å². The second kappa shape index (κ2) is 9.95. The molecule has 0 aliphatic carbocycles. The molecule has 4 aromatic rings. The number of amides is 4. The lowest BCUT2D eigenvalue weighted by atomic mass is 10.0. The van der Waals surface area contributed by atoms with Crippen molar-refractivity contribution in [2.24, 2.45) is 0 Å². The van der Waals surface area contributed by atoms with E-state index in [1.807, 2.05) is 109 Å². The van der Waals surface area contributed by atoms with Gasteiger partial charge in [-0.3, -0.25) is 0 Å². The molecule has 0 aliphatic rings. The van der Waals surface area contributed by atoms with E-state index in [1.165, 1.54) is 0 Å². The van der Waals surface area contributed by atoms with Crippen LogP contribution in [0, 0.1) is 0 Å². The molecule has 0 atom stereocenters. The summed E-state index contributed by atoms with van der Waals surface area (Å²) in [5.41, 5.74) is 4.21. The fourth-order valence-corrected chi connectivity index (χ4v) is 3.27. The van der Waals surface area contributed by atoms with E-state index in [9.17, 15) is 9.59 Å². The topological polar surface area (TPSA) is 82.3 Å². The highest BCUT2D eigenvalue weighted by molar-refractivity contribution is 6.05. The molecule has 4 aromatic carbocycles. The van der Waals surface area contributed by atoms with Crippen LogP contribution in [0.4, 0.5) is 32.3 Å². The number of nitrogens with one attached hydrogen (secondary N) is 4. The maximum Gasteiger partial charge on any atom is 0.323 e. The van der Waals surface area contributed by atoms with Crippen LogP contribution in [0.3, 0.4) is 0 Å². The monoisotopic (exact) mass is 422 g/mol. The normalized spacial score (nSPS) is 10.1. The highest BCUT2D eigenvalue weighted by Gasteiger charge is 2.13. The zero-order valence-corrected chi connectivity index (χ0v) is 17.2. The zero-order chi connectivity index (χ0) is 22.2. The predicted octanol–water partition coefficient (Wildman–Crippen LogP) is 6.64. The summed E-state index contributed by atoms with van der Waals surface area (Å²) in [6, 6.07) is 32.6. The van der Waals surface area contributed by atoms with Gasteiger partial charge in [-0.05, 0) is 36.4 Å². The molecule has 0 radical (unpaired) electrons. The third-order valence-electron chi connectivity index (χ3n) is 4.70. The van der Waals surface area contributed by atoms with Gasteiger partial charge in [-0.2, -0.15) is 0 Å². The van der Waals surface area contributed by atoms with E-state index in [2.05, 4.69) is 21.3 Å². The van der Waals surface area contributed by atoms with E-state index in [4.69, 9.17) is 0 Å². The molecule has 0 unspecified atom stereocenters. The number of urea groups is 2. The number of anilines is 4. The van der Waals surface area contributed by atoms with Gasteiger partial charge >= 0.3 is 12.1 Å². The van der Waals surface area contributed by atoms with Gasteiger partial charge in [0, 0.05) is 22.5 Å². The predicted molar refractivity (Wildman–Crippen MR) is 130 cm³/mol. The Balaban J connectivity index is 1.54. The first kappa shape index (κ1) is 20.7. The molecule has 4 N–H and O–H groups in total. The third-order valence-corrected chi connectivity index (χ3v) is 4.70. The van der Waals surface area contributed by atoms with Crippen LogP contribution in [0.5, 0.6) is 0 Å². The van der Waals surface area contributed by atoms with Crippen molar-refractivity contribution < 1.29 is 9.59 Å². The summed E-state index contributed by atoms with van der Waals surface area (Å²) in [5.74, 6) is 0. The Hall–Kier alpha value is -4.58. The molecule has 0 aromatic heterocycles. The van der Waals surface area contributed by atoms with Crippen LogP contribution in [-0.4, -0.2) is 12.1 Å². The molecule has 0 bridgehead atoms. The molecule has 0 fully saturated rings. The lowest BCUT2D eigenvalue weighted by Crippen LogP contribution is -2.21. The molecule has 32 heavy (non-hydrogen) atoms. The Morgan fingerprint density at radius 3 is 1.16 bits per heavy atom. The Morgan fingerprint density at radius 1 is 0.406 bits per heavy atom. The third kappa shape index (κ3) is 5.31. The Bertz CT molecular complexity index is 1110. The zero-order valence-electron chi connectivity index (χ0n) is 17.2. The van der Waals surface area contributed by atoms with Crippen LogP contribution in [-0.2, 0) is 0 Å². The van der Waals surface area contributed by atoms with E-state index in [-0.39, 0.29) is 12.1 Å². The Kier molecular flexibility index (Phi) is 6.43. The lowest BCUT2D eigenvalue weighted by molar-refractivity contribution is 0.261. The summed E-state index contributed by atoms with van der Waals surface area (Å²) in [6.45, 7) is 0. The summed E-state index contributed by atoms with van der Waals surface area (Å²) < 4.78 is 0. The smallest absolute Gasteiger partial charge is 0.308 e. The van der Waals surface area contributed by atoms with E-state index >= 15 is 0 Å². The molecule has 6 heteroatoms. The van der Waals surface area contributed by atoms with Crippen molar-refractivity contribution in [1.29, 1.82) is 0 Å². The van der Waals surface area contributed by atoms with Crippen LogP contribution in [0.25, 0.3) is 11.1 Å². The van der Waals surface area contributed by atoms with Gasteiger partial charge in [-0.1, -0.05) is 72.8 Å². The Labute approximate surface area is 186 Å². The van der Waals surface area contributed by atoms with Crippen LogP contribution in [0.1, 0.15) is 0 Å². The van der Waals surface area contributed by atoms with Gasteiger partial charge in [0.1, 0.15) is 0 Å². The molecule has 0 aliphatic heterocycles. The van der Waals surface area contributed by atoms with E-state index < -0.39 is 0 Å². The van der Waals surface area contributed by atoms with Crippen molar-refractivity contribution in [1.82, 2.24) is 0 Å². The average Bonchev–Trinajstić information content (AvgIpc) is 2.81. The number of carbonyl (C=O) groups is 2. The van der Waals surface area contributed by atoms with Crippen LogP contribution in [0.15, 0.2) is 109 Å². The summed E-state index contributed by atoms with van der Waals surface area (Å²) in [5, 5.41) is 11.4. The summed E-state index contributed by atoms with van der Waals surface area (Å²) >= 11 is 0. The minimum Gasteiger partial charge on any atom is -0.308 e. The number of hydrogen-bond donors (Lipinski definition) is 4. The molecule has 0 spiro atoms. The molecular weight excluding hydrogens is 400 g/mol. The first-order valence-electron chi connectivity index (χ1n) is 10.1. The number of rotatable bonds is 5. The molecule has 158 valence electrons. The highest BCUT2D eigenvalue weighted by atomic mass is 16.2. The van der Waals surface area contributed by atoms with E-state index in [0.29, 0.717) is 22.7 Å². The SMILES string of the molecule is O=C(Nc1ccccc1)Nc1ccccc1-c1ccccc1NC(=O)Nc1ccccc1. The second-order valence-corrected chi connectivity index (χ2v) is 6.98. The lowest BCUT2D eigenvalue weighted by Gasteiger charge is -2.16. The first-order chi connectivity index (χ1) is 15.7. The van der Waals surface area contributed by atoms with Crippen LogP contribution in [0.2, 0.25) is 0 Å². The van der Waals surface area contributed by atoms with Gasteiger partial charge in [-0.25, -0.2) is 9.59 Å². The van der Waals surface area contributed by atoms with Crippen LogP contribution < -0.4 is 21.3 Å². The van der Waals surface area contributed by atoms with Gasteiger partial charge < -0.3 is 21.3 Å². The molecular formula is C26H22N4O2. The van der Waals surface area contributed by atoms with Gasteiger partial charge in [-0.15, -0.1) is 0 Å². The summed E-state index contributed by atoms with van der Waals surface area (Å²) in [6.07, 6.45) is 0. The number of benzene rings is 4. The largest absolute Gasteiger partial charge is 0.323 e. The molecule has 6 nitrogen and oxygen atoms in total. The number of hydrogen-bond acceptors (Lipinski definition) is 2. The maximum atomic E-state index is 12.5. The second-order valence-electron chi connectivity index (χ2n) is 6.98. The minimum absolute atomic E-state index is 0.351. The van der Waals surface area contributed by atoms with Crippen LogP contribution >= 0.6 is 0 Å². The molecule has 4 rings (SSSR count). The summed E-state index contributed by atoms with van der Waals surface area (Å²) in [4.78, 5) is 25.1.